The Morgan fingerprint density at radius 1 is 1.15 bits per heavy atom. The molecular formula is C16H21N3O. The van der Waals surface area contributed by atoms with Crippen molar-refractivity contribution in [3.63, 3.8) is 0 Å². The first-order valence-electron chi connectivity index (χ1n) is 7.22. The van der Waals surface area contributed by atoms with Crippen LogP contribution >= 0.6 is 0 Å². The number of benzene rings is 1. The summed E-state index contributed by atoms with van der Waals surface area (Å²) in [4.78, 5) is 11.7. The Labute approximate surface area is 119 Å². The number of hydrogen-bond acceptors (Lipinski definition) is 4. The maximum absolute atomic E-state index is 5.77. The molecule has 4 nitrogen and oxygen atoms in total. The molecule has 0 unspecified atom stereocenters. The first-order valence-corrected chi connectivity index (χ1v) is 7.22. The molecule has 2 atom stereocenters. The summed E-state index contributed by atoms with van der Waals surface area (Å²) in [5, 5.41) is 1.14. The standard InChI is InChI=1S/C16H21N3O/c1-11-8-19(9-12(2)20-11)10-16-17-13(3)14-6-4-5-7-15(14)18-16/h4-7,11-12H,8-10H2,1-3H3/t11-,12+. The molecule has 1 aliphatic heterocycles. The Morgan fingerprint density at radius 2 is 1.85 bits per heavy atom. The minimum Gasteiger partial charge on any atom is -0.373 e. The molecule has 0 saturated carbocycles. The third-order valence-electron chi connectivity index (χ3n) is 3.70. The van der Waals surface area contributed by atoms with Crippen molar-refractivity contribution in [3.05, 3.63) is 35.8 Å². The third-order valence-corrected chi connectivity index (χ3v) is 3.70. The Kier molecular flexibility index (Phi) is 3.68. The number of fused-ring (bicyclic) bond motifs is 1. The van der Waals surface area contributed by atoms with Crippen LogP contribution in [-0.4, -0.2) is 40.2 Å². The van der Waals surface area contributed by atoms with E-state index in [4.69, 9.17) is 4.74 Å². The van der Waals surface area contributed by atoms with Gasteiger partial charge in [-0.1, -0.05) is 18.2 Å². The Bertz CT molecular complexity index is 604. The van der Waals surface area contributed by atoms with E-state index in [1.165, 1.54) is 0 Å². The van der Waals surface area contributed by atoms with Crippen molar-refractivity contribution in [2.24, 2.45) is 0 Å². The van der Waals surface area contributed by atoms with Gasteiger partial charge in [0, 0.05) is 24.2 Å². The zero-order valence-electron chi connectivity index (χ0n) is 12.3. The zero-order chi connectivity index (χ0) is 14.1. The Balaban J connectivity index is 1.84. The summed E-state index contributed by atoms with van der Waals surface area (Å²) in [7, 11) is 0. The largest absolute Gasteiger partial charge is 0.373 e. The fourth-order valence-corrected chi connectivity index (χ4v) is 2.98. The fraction of sp³-hybridized carbons (Fsp3) is 0.500. The Morgan fingerprint density at radius 3 is 2.60 bits per heavy atom. The van der Waals surface area contributed by atoms with Gasteiger partial charge in [-0.3, -0.25) is 4.90 Å². The van der Waals surface area contributed by atoms with Gasteiger partial charge in [0.05, 0.1) is 24.3 Å². The predicted molar refractivity (Wildman–Crippen MR) is 79.6 cm³/mol. The van der Waals surface area contributed by atoms with Gasteiger partial charge < -0.3 is 4.74 Å². The molecule has 2 heterocycles. The van der Waals surface area contributed by atoms with Crippen LogP contribution in [0.2, 0.25) is 0 Å². The van der Waals surface area contributed by atoms with E-state index in [-0.39, 0.29) is 12.2 Å². The minimum atomic E-state index is 0.278. The molecule has 1 fully saturated rings. The predicted octanol–water partition coefficient (Wildman–Crippen LogP) is 2.55. The van der Waals surface area contributed by atoms with Crippen LogP contribution in [0.5, 0.6) is 0 Å². The molecule has 106 valence electrons. The van der Waals surface area contributed by atoms with Crippen LogP contribution in [0.25, 0.3) is 10.9 Å². The van der Waals surface area contributed by atoms with E-state index in [0.717, 1.165) is 42.1 Å². The molecule has 1 aliphatic rings. The van der Waals surface area contributed by atoms with Gasteiger partial charge in [0.15, 0.2) is 0 Å². The second-order valence-electron chi connectivity index (χ2n) is 5.69. The van der Waals surface area contributed by atoms with Crippen LogP contribution in [0, 0.1) is 6.92 Å². The van der Waals surface area contributed by atoms with Crippen molar-refractivity contribution in [3.8, 4) is 0 Å². The van der Waals surface area contributed by atoms with E-state index in [1.54, 1.807) is 0 Å². The number of nitrogens with zero attached hydrogens (tertiary/aromatic N) is 3. The highest BCUT2D eigenvalue weighted by atomic mass is 16.5. The molecule has 1 saturated heterocycles. The van der Waals surface area contributed by atoms with Gasteiger partial charge >= 0.3 is 0 Å². The normalized spacial score (nSPS) is 24.1. The number of morpholine rings is 1. The molecule has 4 heteroatoms. The van der Waals surface area contributed by atoms with E-state index in [9.17, 15) is 0 Å². The molecule has 20 heavy (non-hydrogen) atoms. The molecule has 0 amide bonds. The molecule has 0 spiro atoms. The van der Waals surface area contributed by atoms with Crippen LogP contribution in [0.15, 0.2) is 24.3 Å². The van der Waals surface area contributed by atoms with Gasteiger partial charge in [-0.2, -0.15) is 0 Å². The van der Waals surface area contributed by atoms with Gasteiger partial charge in [-0.15, -0.1) is 0 Å². The lowest BCUT2D eigenvalue weighted by Gasteiger charge is -2.34. The smallest absolute Gasteiger partial charge is 0.143 e. The van der Waals surface area contributed by atoms with Crippen LogP contribution in [0.3, 0.4) is 0 Å². The van der Waals surface area contributed by atoms with Crippen LogP contribution in [-0.2, 0) is 11.3 Å². The van der Waals surface area contributed by atoms with Crippen molar-refractivity contribution < 1.29 is 4.74 Å². The van der Waals surface area contributed by atoms with Crippen molar-refractivity contribution in [1.29, 1.82) is 0 Å². The number of aromatic nitrogens is 2. The monoisotopic (exact) mass is 271 g/mol. The first-order chi connectivity index (χ1) is 9.61. The SMILES string of the molecule is Cc1nc(CN2C[C@@H](C)O[C@@H](C)C2)nc2ccccc12. The number of ether oxygens (including phenoxy) is 1. The molecule has 3 rings (SSSR count). The summed E-state index contributed by atoms with van der Waals surface area (Å²) in [5.41, 5.74) is 2.09. The van der Waals surface area contributed by atoms with Crippen molar-refractivity contribution in [1.82, 2.24) is 14.9 Å². The summed E-state index contributed by atoms with van der Waals surface area (Å²) in [5.74, 6) is 0.905. The molecule has 0 radical (unpaired) electrons. The molecule has 1 aromatic carbocycles. The average molecular weight is 271 g/mol. The number of para-hydroxylation sites is 1. The van der Waals surface area contributed by atoms with Crippen molar-refractivity contribution in [2.45, 2.75) is 39.5 Å². The number of rotatable bonds is 2. The minimum absolute atomic E-state index is 0.278. The van der Waals surface area contributed by atoms with Gasteiger partial charge in [0.25, 0.3) is 0 Å². The van der Waals surface area contributed by atoms with Crippen LogP contribution in [0.1, 0.15) is 25.4 Å². The molecule has 0 aliphatic carbocycles. The summed E-state index contributed by atoms with van der Waals surface area (Å²) in [6.07, 6.45) is 0.556. The maximum Gasteiger partial charge on any atom is 0.143 e. The van der Waals surface area contributed by atoms with Gasteiger partial charge in [-0.25, -0.2) is 9.97 Å². The van der Waals surface area contributed by atoms with E-state index >= 15 is 0 Å². The molecule has 0 N–H and O–H groups in total. The lowest BCUT2D eigenvalue weighted by molar-refractivity contribution is -0.0710. The second-order valence-corrected chi connectivity index (χ2v) is 5.69. The molecule has 1 aromatic heterocycles. The van der Waals surface area contributed by atoms with Crippen LogP contribution < -0.4 is 0 Å². The van der Waals surface area contributed by atoms with Crippen molar-refractivity contribution >= 4 is 10.9 Å². The van der Waals surface area contributed by atoms with Crippen molar-refractivity contribution in [2.75, 3.05) is 13.1 Å². The summed E-state index contributed by atoms with van der Waals surface area (Å²) < 4.78 is 5.77. The summed E-state index contributed by atoms with van der Waals surface area (Å²) in [6, 6.07) is 8.19. The van der Waals surface area contributed by atoms with E-state index in [1.807, 2.05) is 12.1 Å². The highest BCUT2D eigenvalue weighted by Crippen LogP contribution is 2.17. The summed E-state index contributed by atoms with van der Waals surface area (Å²) in [6.45, 7) is 8.98. The zero-order valence-corrected chi connectivity index (χ0v) is 12.3. The molecule has 0 bridgehead atoms. The highest BCUT2D eigenvalue weighted by Gasteiger charge is 2.22. The van der Waals surface area contributed by atoms with Crippen LogP contribution in [0.4, 0.5) is 0 Å². The van der Waals surface area contributed by atoms with Gasteiger partial charge in [-0.05, 0) is 26.8 Å². The highest BCUT2D eigenvalue weighted by molar-refractivity contribution is 5.80. The molecular weight excluding hydrogens is 250 g/mol. The first kappa shape index (κ1) is 13.5. The number of aryl methyl sites for hydroxylation is 1. The third kappa shape index (κ3) is 2.81. The lowest BCUT2D eigenvalue weighted by atomic mass is 10.2. The topological polar surface area (TPSA) is 38.2 Å². The summed E-state index contributed by atoms with van der Waals surface area (Å²) >= 11 is 0. The lowest BCUT2D eigenvalue weighted by Crippen LogP contribution is -2.45. The van der Waals surface area contributed by atoms with E-state index in [2.05, 4.69) is 47.8 Å². The quantitative estimate of drug-likeness (QED) is 0.841. The second kappa shape index (κ2) is 5.46. The maximum atomic E-state index is 5.77. The van der Waals surface area contributed by atoms with E-state index < -0.39 is 0 Å². The van der Waals surface area contributed by atoms with E-state index in [0.29, 0.717) is 0 Å². The molecule has 2 aromatic rings. The van der Waals surface area contributed by atoms with Gasteiger partial charge in [0.2, 0.25) is 0 Å². The fourth-order valence-electron chi connectivity index (χ4n) is 2.98. The number of hydrogen-bond donors (Lipinski definition) is 0. The van der Waals surface area contributed by atoms with Gasteiger partial charge in [0.1, 0.15) is 5.82 Å². The average Bonchev–Trinajstić information content (AvgIpc) is 2.37. The Hall–Kier alpha value is -1.52.